The Morgan fingerprint density at radius 3 is 2.30 bits per heavy atom. The number of allylic oxidation sites excluding steroid dienone is 3. The number of imide groups is 1. The van der Waals surface area contributed by atoms with E-state index >= 15 is 0 Å². The predicted octanol–water partition coefficient (Wildman–Crippen LogP) is 2.93. The SMILES string of the molecule is C/C=C/C=C/C(=O)OC1=C(N(CC)CC)C(=O)N(c2ccc(F)cc2)C1=O. The molecular weight excluding hydrogens is 351 g/mol. The number of hydrogen-bond donors (Lipinski definition) is 0. The maximum absolute atomic E-state index is 13.2. The van der Waals surface area contributed by atoms with E-state index in [4.69, 9.17) is 4.74 Å². The van der Waals surface area contributed by atoms with Gasteiger partial charge in [-0.1, -0.05) is 18.2 Å². The van der Waals surface area contributed by atoms with Gasteiger partial charge in [-0.15, -0.1) is 0 Å². The summed E-state index contributed by atoms with van der Waals surface area (Å²) >= 11 is 0. The molecule has 0 unspecified atom stereocenters. The Hall–Kier alpha value is -3.22. The van der Waals surface area contributed by atoms with Gasteiger partial charge in [-0.2, -0.15) is 0 Å². The van der Waals surface area contributed by atoms with Crippen LogP contribution >= 0.6 is 0 Å². The first kappa shape index (κ1) is 20.1. The van der Waals surface area contributed by atoms with Crippen LogP contribution in [0.2, 0.25) is 0 Å². The van der Waals surface area contributed by atoms with Crippen LogP contribution in [0.5, 0.6) is 0 Å². The standard InChI is InChI=1S/C20H21FN2O4/c1-4-7-8-9-16(24)27-18-17(22(5-2)6-3)19(25)23(20(18)26)15-12-10-14(21)11-13-15/h4,7-13H,5-6H2,1-3H3/b7-4+,9-8+. The Morgan fingerprint density at radius 2 is 1.74 bits per heavy atom. The number of hydrogen-bond acceptors (Lipinski definition) is 5. The van der Waals surface area contributed by atoms with Crippen molar-refractivity contribution in [2.45, 2.75) is 20.8 Å². The third-order valence-electron chi connectivity index (χ3n) is 3.92. The normalized spacial score (nSPS) is 14.7. The van der Waals surface area contributed by atoms with Gasteiger partial charge in [0.15, 0.2) is 5.70 Å². The molecule has 1 aliphatic heterocycles. The maximum Gasteiger partial charge on any atom is 0.336 e. The molecule has 1 aromatic carbocycles. The highest BCUT2D eigenvalue weighted by atomic mass is 19.1. The van der Waals surface area contributed by atoms with Crippen LogP contribution in [0.1, 0.15) is 20.8 Å². The van der Waals surface area contributed by atoms with Crippen molar-refractivity contribution >= 4 is 23.5 Å². The van der Waals surface area contributed by atoms with E-state index in [1.54, 1.807) is 24.0 Å². The van der Waals surface area contributed by atoms with Gasteiger partial charge in [-0.05, 0) is 45.0 Å². The lowest BCUT2D eigenvalue weighted by atomic mass is 10.3. The molecule has 142 valence electrons. The van der Waals surface area contributed by atoms with Crippen molar-refractivity contribution in [3.63, 3.8) is 0 Å². The molecule has 0 radical (unpaired) electrons. The van der Waals surface area contributed by atoms with Gasteiger partial charge in [-0.25, -0.2) is 14.1 Å². The van der Waals surface area contributed by atoms with E-state index in [1.165, 1.54) is 18.2 Å². The van der Waals surface area contributed by atoms with E-state index in [0.717, 1.165) is 23.1 Å². The molecule has 0 aromatic heterocycles. The highest BCUT2D eigenvalue weighted by Crippen LogP contribution is 2.30. The molecule has 2 rings (SSSR count). The van der Waals surface area contributed by atoms with Crippen molar-refractivity contribution in [3.05, 3.63) is 65.8 Å². The number of halogens is 1. The van der Waals surface area contributed by atoms with E-state index in [-0.39, 0.29) is 17.1 Å². The summed E-state index contributed by atoms with van der Waals surface area (Å²) in [4.78, 5) is 40.3. The third-order valence-corrected chi connectivity index (χ3v) is 3.92. The second kappa shape index (κ2) is 8.93. The van der Waals surface area contributed by atoms with Crippen LogP contribution in [0.4, 0.5) is 10.1 Å². The van der Waals surface area contributed by atoms with Crippen molar-refractivity contribution in [2.24, 2.45) is 0 Å². The molecule has 1 aliphatic rings. The average Bonchev–Trinajstić information content (AvgIpc) is 2.88. The number of amides is 2. The summed E-state index contributed by atoms with van der Waals surface area (Å²) in [6.45, 7) is 6.31. The number of ether oxygens (including phenoxy) is 1. The summed E-state index contributed by atoms with van der Waals surface area (Å²) < 4.78 is 18.4. The van der Waals surface area contributed by atoms with E-state index in [1.807, 2.05) is 13.8 Å². The smallest absolute Gasteiger partial charge is 0.336 e. The van der Waals surface area contributed by atoms with Gasteiger partial charge < -0.3 is 9.64 Å². The average molecular weight is 372 g/mol. The lowest BCUT2D eigenvalue weighted by molar-refractivity contribution is -0.137. The van der Waals surface area contributed by atoms with Gasteiger partial charge in [-0.3, -0.25) is 9.59 Å². The molecule has 6 nitrogen and oxygen atoms in total. The molecule has 0 aliphatic carbocycles. The van der Waals surface area contributed by atoms with Crippen LogP contribution in [0, 0.1) is 5.82 Å². The number of nitrogens with zero attached hydrogens (tertiary/aromatic N) is 2. The molecule has 0 atom stereocenters. The summed E-state index contributed by atoms with van der Waals surface area (Å²) in [6, 6.07) is 4.94. The number of carbonyl (C=O) groups is 3. The Kier molecular flexibility index (Phi) is 6.65. The Bertz CT molecular complexity index is 821. The summed E-state index contributed by atoms with van der Waals surface area (Å²) in [5.74, 6) is -2.97. The molecule has 1 heterocycles. The Labute approximate surface area is 157 Å². The van der Waals surface area contributed by atoms with E-state index in [2.05, 4.69) is 0 Å². The molecule has 0 bridgehead atoms. The first-order valence-corrected chi connectivity index (χ1v) is 8.59. The topological polar surface area (TPSA) is 66.9 Å². The Morgan fingerprint density at radius 1 is 1.11 bits per heavy atom. The van der Waals surface area contributed by atoms with Gasteiger partial charge in [0.05, 0.1) is 5.69 Å². The molecule has 0 spiro atoms. The van der Waals surface area contributed by atoms with Crippen molar-refractivity contribution in [2.75, 3.05) is 18.0 Å². The van der Waals surface area contributed by atoms with E-state index < -0.39 is 23.6 Å². The zero-order valence-corrected chi connectivity index (χ0v) is 15.4. The second-order valence-electron chi connectivity index (χ2n) is 5.58. The predicted molar refractivity (Wildman–Crippen MR) is 98.9 cm³/mol. The van der Waals surface area contributed by atoms with Crippen LogP contribution in [-0.2, 0) is 19.1 Å². The molecule has 0 fully saturated rings. The third kappa shape index (κ3) is 4.31. The Balaban J connectivity index is 2.43. The first-order valence-electron chi connectivity index (χ1n) is 8.59. The van der Waals surface area contributed by atoms with E-state index in [0.29, 0.717) is 13.1 Å². The summed E-state index contributed by atoms with van der Waals surface area (Å²) in [7, 11) is 0. The fourth-order valence-corrected chi connectivity index (χ4v) is 2.61. The highest BCUT2D eigenvalue weighted by Gasteiger charge is 2.43. The van der Waals surface area contributed by atoms with Crippen LogP contribution in [0.15, 0.2) is 60.0 Å². The maximum atomic E-state index is 13.2. The number of carbonyl (C=O) groups excluding carboxylic acids is 3. The lowest BCUT2D eigenvalue weighted by Gasteiger charge is -2.22. The fourth-order valence-electron chi connectivity index (χ4n) is 2.61. The molecule has 0 saturated heterocycles. The highest BCUT2D eigenvalue weighted by molar-refractivity contribution is 6.32. The van der Waals surface area contributed by atoms with Crippen LogP contribution in [0.25, 0.3) is 0 Å². The van der Waals surface area contributed by atoms with Gasteiger partial charge >= 0.3 is 11.9 Å². The van der Waals surface area contributed by atoms with Gasteiger partial charge in [0, 0.05) is 19.2 Å². The van der Waals surface area contributed by atoms with Crippen molar-refractivity contribution in [3.8, 4) is 0 Å². The lowest BCUT2D eigenvalue weighted by Crippen LogP contribution is -2.35. The molecule has 27 heavy (non-hydrogen) atoms. The number of esters is 1. The van der Waals surface area contributed by atoms with Crippen molar-refractivity contribution in [1.29, 1.82) is 0 Å². The number of benzene rings is 1. The molecule has 2 amide bonds. The molecule has 7 heteroatoms. The molecule has 1 aromatic rings. The minimum atomic E-state index is -0.769. The van der Waals surface area contributed by atoms with E-state index in [9.17, 15) is 18.8 Å². The van der Waals surface area contributed by atoms with Crippen LogP contribution < -0.4 is 4.90 Å². The number of anilines is 1. The number of likely N-dealkylation sites (N-methyl/N-ethyl adjacent to an activating group) is 1. The number of rotatable bonds is 7. The first-order chi connectivity index (χ1) is 12.9. The second-order valence-corrected chi connectivity index (χ2v) is 5.58. The summed E-state index contributed by atoms with van der Waals surface area (Å²) in [5, 5.41) is 0. The minimum Gasteiger partial charge on any atom is -0.415 e. The van der Waals surface area contributed by atoms with Crippen molar-refractivity contribution in [1.82, 2.24) is 4.90 Å². The minimum absolute atomic E-state index is 0.0158. The van der Waals surface area contributed by atoms with Gasteiger partial charge in [0.1, 0.15) is 5.82 Å². The zero-order valence-electron chi connectivity index (χ0n) is 15.4. The molecular formula is C20H21FN2O4. The van der Waals surface area contributed by atoms with Gasteiger partial charge in [0.2, 0.25) is 5.76 Å². The zero-order chi connectivity index (χ0) is 20.0. The summed E-state index contributed by atoms with van der Waals surface area (Å²) in [6.07, 6.45) is 5.99. The van der Waals surface area contributed by atoms with Gasteiger partial charge in [0.25, 0.3) is 5.91 Å². The largest absolute Gasteiger partial charge is 0.415 e. The quantitative estimate of drug-likeness (QED) is 0.319. The fraction of sp³-hybridized carbons (Fsp3) is 0.250. The molecule has 0 N–H and O–H groups in total. The van der Waals surface area contributed by atoms with Crippen molar-refractivity contribution < 1.29 is 23.5 Å². The monoisotopic (exact) mass is 372 g/mol. The molecule has 0 saturated carbocycles. The van der Waals surface area contributed by atoms with Crippen LogP contribution in [-0.4, -0.2) is 35.8 Å². The van der Waals surface area contributed by atoms with Crippen LogP contribution in [0.3, 0.4) is 0 Å². The summed E-state index contributed by atoms with van der Waals surface area (Å²) in [5.41, 5.74) is 0.216.